The van der Waals surface area contributed by atoms with Crippen LogP contribution >= 0.6 is 0 Å². The van der Waals surface area contributed by atoms with E-state index >= 15 is 0 Å². The van der Waals surface area contributed by atoms with Crippen LogP contribution in [0, 0.1) is 0 Å². The van der Waals surface area contributed by atoms with Crippen molar-refractivity contribution < 1.29 is 9.53 Å². The molecule has 1 amide bonds. The highest BCUT2D eigenvalue weighted by Crippen LogP contribution is 2.27. The van der Waals surface area contributed by atoms with E-state index in [1.807, 2.05) is 18.2 Å². The summed E-state index contributed by atoms with van der Waals surface area (Å²) in [4.78, 5) is 12.1. The van der Waals surface area contributed by atoms with Crippen molar-refractivity contribution in [3.05, 3.63) is 29.3 Å². The fourth-order valence-electron chi connectivity index (χ4n) is 1.62. The van der Waals surface area contributed by atoms with E-state index in [1.54, 1.807) is 26.2 Å². The van der Waals surface area contributed by atoms with Crippen LogP contribution in [0.4, 0.5) is 0 Å². The molecule has 0 aliphatic carbocycles. The topological polar surface area (TPSA) is 41.6 Å². The molecule has 1 aromatic rings. The number of rotatable bonds is 3. The van der Waals surface area contributed by atoms with Gasteiger partial charge in [-0.15, -0.1) is 0 Å². The molecule has 0 bridgehead atoms. The Morgan fingerprint density at radius 3 is 2.33 bits per heavy atom. The Bertz CT molecular complexity index is 434. The summed E-state index contributed by atoms with van der Waals surface area (Å²) in [7, 11) is 5.12. The average molecular weight is 250 g/mol. The normalized spacial score (nSPS) is 11.5. The van der Waals surface area contributed by atoms with Crippen LogP contribution in [0.25, 0.3) is 0 Å². The number of carbonyl (C=O) groups is 1. The molecule has 1 aromatic carbocycles. The molecule has 4 heteroatoms. The zero-order valence-corrected chi connectivity index (χ0v) is 12.0. The molecule has 0 aliphatic rings. The van der Waals surface area contributed by atoms with Gasteiger partial charge in [0.15, 0.2) is 0 Å². The van der Waals surface area contributed by atoms with Crippen molar-refractivity contribution in [3.8, 4) is 5.75 Å². The summed E-state index contributed by atoms with van der Waals surface area (Å²) in [5.41, 5.74) is 4.38. The van der Waals surface area contributed by atoms with Crippen LogP contribution in [0.2, 0.25) is 0 Å². The molecular weight excluding hydrogens is 228 g/mol. The lowest BCUT2D eigenvalue weighted by atomic mass is 9.86. The molecule has 0 spiro atoms. The van der Waals surface area contributed by atoms with Crippen LogP contribution in [0.15, 0.2) is 18.2 Å². The lowest BCUT2D eigenvalue weighted by Gasteiger charge is -2.21. The zero-order valence-electron chi connectivity index (χ0n) is 12.0. The first-order valence-electron chi connectivity index (χ1n) is 5.92. The van der Waals surface area contributed by atoms with Gasteiger partial charge in [-0.1, -0.05) is 26.8 Å². The van der Waals surface area contributed by atoms with E-state index < -0.39 is 0 Å². The van der Waals surface area contributed by atoms with Crippen LogP contribution in [-0.4, -0.2) is 32.1 Å². The van der Waals surface area contributed by atoms with Crippen LogP contribution in [0.5, 0.6) is 5.75 Å². The van der Waals surface area contributed by atoms with E-state index in [9.17, 15) is 4.79 Å². The standard InChI is InChI=1S/C14H22N2O2/c1-14(2,3)10-7-8-12(18-6)11(9-10)13(17)15-16(4)5/h7-9H,1-6H3,(H,15,17). The van der Waals surface area contributed by atoms with E-state index in [-0.39, 0.29) is 11.3 Å². The predicted molar refractivity (Wildman–Crippen MR) is 72.8 cm³/mol. The first-order chi connectivity index (χ1) is 8.25. The molecule has 100 valence electrons. The lowest BCUT2D eigenvalue weighted by molar-refractivity contribution is 0.0853. The SMILES string of the molecule is COc1ccc(C(C)(C)C)cc1C(=O)NN(C)C. The van der Waals surface area contributed by atoms with Crippen molar-refractivity contribution in [3.63, 3.8) is 0 Å². The third-order valence-corrected chi connectivity index (χ3v) is 2.64. The quantitative estimate of drug-likeness (QED) is 0.836. The number of hydrogen-bond donors (Lipinski definition) is 1. The number of carbonyl (C=O) groups excluding carboxylic acids is 1. The zero-order chi connectivity index (χ0) is 13.9. The molecule has 1 N–H and O–H groups in total. The largest absolute Gasteiger partial charge is 0.496 e. The molecule has 0 atom stereocenters. The monoisotopic (exact) mass is 250 g/mol. The summed E-state index contributed by atoms with van der Waals surface area (Å²) < 4.78 is 5.24. The second kappa shape index (κ2) is 5.40. The average Bonchev–Trinajstić information content (AvgIpc) is 2.26. The minimum atomic E-state index is -0.164. The number of ether oxygens (including phenoxy) is 1. The van der Waals surface area contributed by atoms with Gasteiger partial charge in [-0.25, -0.2) is 5.01 Å². The van der Waals surface area contributed by atoms with Crippen molar-refractivity contribution in [1.29, 1.82) is 0 Å². The number of nitrogens with zero attached hydrogens (tertiary/aromatic N) is 1. The number of hydrazine groups is 1. The van der Waals surface area contributed by atoms with Crippen molar-refractivity contribution in [2.45, 2.75) is 26.2 Å². The van der Waals surface area contributed by atoms with Gasteiger partial charge in [0, 0.05) is 14.1 Å². The maximum absolute atomic E-state index is 12.1. The van der Waals surface area contributed by atoms with Crippen LogP contribution in [0.3, 0.4) is 0 Å². The highest BCUT2D eigenvalue weighted by atomic mass is 16.5. The highest BCUT2D eigenvalue weighted by molar-refractivity contribution is 5.96. The minimum absolute atomic E-state index is 0.000578. The van der Waals surface area contributed by atoms with Gasteiger partial charge in [-0.3, -0.25) is 10.2 Å². The Hall–Kier alpha value is -1.55. The van der Waals surface area contributed by atoms with Crippen LogP contribution < -0.4 is 10.2 Å². The van der Waals surface area contributed by atoms with Gasteiger partial charge >= 0.3 is 0 Å². The molecule has 18 heavy (non-hydrogen) atoms. The Kier molecular flexibility index (Phi) is 4.35. The summed E-state index contributed by atoms with van der Waals surface area (Å²) in [6.45, 7) is 6.34. The lowest BCUT2D eigenvalue weighted by Crippen LogP contribution is -2.36. The minimum Gasteiger partial charge on any atom is -0.496 e. The van der Waals surface area contributed by atoms with Gasteiger partial charge in [0.05, 0.1) is 12.7 Å². The van der Waals surface area contributed by atoms with Gasteiger partial charge < -0.3 is 4.74 Å². The molecule has 1 rings (SSSR count). The summed E-state index contributed by atoms with van der Waals surface area (Å²) in [5.74, 6) is 0.422. The Balaban J connectivity index is 3.18. The number of nitrogens with one attached hydrogen (secondary N) is 1. The van der Waals surface area contributed by atoms with E-state index in [2.05, 4.69) is 26.2 Å². The summed E-state index contributed by atoms with van der Waals surface area (Å²) in [6.07, 6.45) is 0. The molecule has 0 aliphatic heterocycles. The molecule has 0 fully saturated rings. The number of amides is 1. The maximum atomic E-state index is 12.1. The second-order valence-corrected chi connectivity index (χ2v) is 5.50. The van der Waals surface area contributed by atoms with Crippen molar-refractivity contribution in [2.75, 3.05) is 21.2 Å². The summed E-state index contributed by atoms with van der Waals surface area (Å²) >= 11 is 0. The van der Waals surface area contributed by atoms with Gasteiger partial charge in [0.25, 0.3) is 5.91 Å². The third kappa shape index (κ3) is 3.47. The van der Waals surface area contributed by atoms with Gasteiger partial charge in [-0.05, 0) is 23.1 Å². The van der Waals surface area contributed by atoms with Crippen LogP contribution in [-0.2, 0) is 5.41 Å². The fraction of sp³-hybridized carbons (Fsp3) is 0.500. The molecule has 0 heterocycles. The summed E-state index contributed by atoms with van der Waals surface area (Å²) in [5, 5.41) is 1.62. The molecule has 0 radical (unpaired) electrons. The smallest absolute Gasteiger partial charge is 0.269 e. The van der Waals surface area contributed by atoms with Gasteiger partial charge in [0.2, 0.25) is 0 Å². The van der Waals surface area contributed by atoms with Gasteiger partial charge in [-0.2, -0.15) is 0 Å². The molecule has 0 unspecified atom stereocenters. The fourth-order valence-corrected chi connectivity index (χ4v) is 1.62. The second-order valence-electron chi connectivity index (χ2n) is 5.50. The number of methoxy groups -OCH3 is 1. The Morgan fingerprint density at radius 1 is 1.28 bits per heavy atom. The van der Waals surface area contributed by atoms with E-state index in [1.165, 1.54) is 0 Å². The molecular formula is C14H22N2O2. The van der Waals surface area contributed by atoms with E-state index in [0.29, 0.717) is 11.3 Å². The molecule has 0 aromatic heterocycles. The maximum Gasteiger partial charge on any atom is 0.269 e. The first-order valence-corrected chi connectivity index (χ1v) is 5.92. The number of benzene rings is 1. The Morgan fingerprint density at radius 2 is 1.89 bits per heavy atom. The third-order valence-electron chi connectivity index (χ3n) is 2.64. The van der Waals surface area contributed by atoms with Crippen molar-refractivity contribution in [2.24, 2.45) is 0 Å². The molecule has 4 nitrogen and oxygen atoms in total. The molecule has 0 saturated heterocycles. The van der Waals surface area contributed by atoms with Crippen molar-refractivity contribution in [1.82, 2.24) is 10.4 Å². The first kappa shape index (κ1) is 14.5. The molecule has 0 saturated carbocycles. The van der Waals surface area contributed by atoms with Crippen molar-refractivity contribution >= 4 is 5.91 Å². The summed E-state index contributed by atoms with van der Waals surface area (Å²) in [6, 6.07) is 5.72. The Labute approximate surface area is 109 Å². The van der Waals surface area contributed by atoms with Gasteiger partial charge in [0.1, 0.15) is 5.75 Å². The van der Waals surface area contributed by atoms with E-state index in [4.69, 9.17) is 4.74 Å². The van der Waals surface area contributed by atoms with Crippen LogP contribution in [0.1, 0.15) is 36.7 Å². The predicted octanol–water partition coefficient (Wildman–Crippen LogP) is 2.20. The van der Waals surface area contributed by atoms with E-state index in [0.717, 1.165) is 5.56 Å². The number of hydrogen-bond acceptors (Lipinski definition) is 3. The highest BCUT2D eigenvalue weighted by Gasteiger charge is 2.19.